The number of tetrazole rings is 1. The van der Waals surface area contributed by atoms with Crippen LogP contribution < -0.4 is 5.32 Å². The van der Waals surface area contributed by atoms with Crippen LogP contribution >= 0.6 is 0 Å². The Hall–Kier alpha value is -3.55. The van der Waals surface area contributed by atoms with E-state index in [0.29, 0.717) is 11.3 Å². The Bertz CT molecular complexity index is 921. The number of carbonyl (C=O) groups is 2. The Kier molecular flexibility index (Phi) is 6.11. The Balaban J connectivity index is 1.53. The minimum Gasteiger partial charge on any atom is -0.452 e. The number of amides is 1. The normalized spacial score (nSPS) is 11.6. The van der Waals surface area contributed by atoms with Gasteiger partial charge in [0.1, 0.15) is 6.33 Å². The summed E-state index contributed by atoms with van der Waals surface area (Å²) in [6.07, 6.45) is 2.19. The first-order valence-electron chi connectivity index (χ1n) is 8.93. The predicted octanol–water partition coefficient (Wildman–Crippen LogP) is 2.40. The maximum atomic E-state index is 12.2. The second-order valence-electron chi connectivity index (χ2n) is 6.32. The fourth-order valence-electron chi connectivity index (χ4n) is 2.70. The number of aryl methyl sites for hydroxylation is 1. The van der Waals surface area contributed by atoms with Crippen molar-refractivity contribution in [3.8, 4) is 5.69 Å². The van der Waals surface area contributed by atoms with Gasteiger partial charge in [0.05, 0.1) is 17.3 Å². The summed E-state index contributed by atoms with van der Waals surface area (Å²) in [5, 5.41) is 13.8. The van der Waals surface area contributed by atoms with E-state index in [4.69, 9.17) is 4.74 Å². The quantitative estimate of drug-likeness (QED) is 0.633. The van der Waals surface area contributed by atoms with Gasteiger partial charge in [-0.3, -0.25) is 4.79 Å². The van der Waals surface area contributed by atoms with Crippen LogP contribution in [0.4, 0.5) is 0 Å². The molecule has 28 heavy (non-hydrogen) atoms. The molecule has 0 radical (unpaired) electrons. The van der Waals surface area contributed by atoms with Crippen molar-refractivity contribution in [1.29, 1.82) is 0 Å². The highest BCUT2D eigenvalue weighted by atomic mass is 16.5. The van der Waals surface area contributed by atoms with Crippen molar-refractivity contribution < 1.29 is 14.3 Å². The van der Waals surface area contributed by atoms with Gasteiger partial charge in [-0.25, -0.2) is 9.48 Å². The van der Waals surface area contributed by atoms with Crippen molar-refractivity contribution >= 4 is 11.9 Å². The number of nitrogens with one attached hydrogen (secondary N) is 1. The fraction of sp³-hybridized carbons (Fsp3) is 0.250. The second kappa shape index (κ2) is 8.90. The lowest BCUT2D eigenvalue weighted by Gasteiger charge is -2.17. The highest BCUT2D eigenvalue weighted by Crippen LogP contribution is 2.17. The lowest BCUT2D eigenvalue weighted by atomic mass is 10.0. The molecule has 144 valence electrons. The molecule has 0 saturated carbocycles. The third kappa shape index (κ3) is 4.79. The molecule has 1 amide bonds. The summed E-state index contributed by atoms with van der Waals surface area (Å²) in [5.74, 6) is -0.909. The van der Waals surface area contributed by atoms with Crippen molar-refractivity contribution in [2.24, 2.45) is 0 Å². The molecule has 0 aliphatic carbocycles. The maximum Gasteiger partial charge on any atom is 0.338 e. The summed E-state index contributed by atoms with van der Waals surface area (Å²) in [4.78, 5) is 24.3. The van der Waals surface area contributed by atoms with Crippen LogP contribution in [0.25, 0.3) is 5.69 Å². The molecule has 1 N–H and O–H groups in total. The summed E-state index contributed by atoms with van der Waals surface area (Å²) < 4.78 is 6.59. The van der Waals surface area contributed by atoms with Gasteiger partial charge in [0.2, 0.25) is 0 Å². The third-order valence-electron chi connectivity index (χ3n) is 4.27. The van der Waals surface area contributed by atoms with E-state index >= 15 is 0 Å². The van der Waals surface area contributed by atoms with Gasteiger partial charge in [-0.1, -0.05) is 36.8 Å². The SMILES string of the molecule is CC[C@@H](NC(=O)COC(=O)c1ccc(-n2cnnn2)cc1)c1ccc(C)cc1. The van der Waals surface area contributed by atoms with Crippen molar-refractivity contribution in [2.75, 3.05) is 6.61 Å². The lowest BCUT2D eigenvalue weighted by Crippen LogP contribution is -2.32. The number of esters is 1. The summed E-state index contributed by atoms with van der Waals surface area (Å²) >= 11 is 0. The lowest BCUT2D eigenvalue weighted by molar-refractivity contribution is -0.125. The molecule has 8 heteroatoms. The first-order valence-corrected chi connectivity index (χ1v) is 8.93. The largest absolute Gasteiger partial charge is 0.452 e. The molecule has 3 rings (SSSR count). The molecular formula is C20H21N5O3. The van der Waals surface area contributed by atoms with Crippen LogP contribution in [0.15, 0.2) is 54.9 Å². The van der Waals surface area contributed by atoms with Gasteiger partial charge in [-0.2, -0.15) is 0 Å². The standard InChI is InChI=1S/C20H21N5O3/c1-3-18(15-6-4-14(2)5-7-15)22-19(26)12-28-20(27)16-8-10-17(11-9-16)25-13-21-23-24-25/h4-11,13,18H,3,12H2,1-2H3,(H,22,26)/t18-/m1/s1. The van der Waals surface area contributed by atoms with Gasteiger partial charge in [0.25, 0.3) is 5.91 Å². The van der Waals surface area contributed by atoms with E-state index < -0.39 is 5.97 Å². The van der Waals surface area contributed by atoms with Crippen LogP contribution in [0.5, 0.6) is 0 Å². The Morgan fingerprint density at radius 1 is 1.11 bits per heavy atom. The maximum absolute atomic E-state index is 12.2. The highest BCUT2D eigenvalue weighted by molar-refractivity contribution is 5.91. The number of ether oxygens (including phenoxy) is 1. The Morgan fingerprint density at radius 3 is 2.43 bits per heavy atom. The zero-order chi connectivity index (χ0) is 19.9. The fourth-order valence-corrected chi connectivity index (χ4v) is 2.70. The Labute approximate surface area is 162 Å². The van der Waals surface area contributed by atoms with E-state index in [1.165, 1.54) is 11.0 Å². The molecule has 0 saturated heterocycles. The van der Waals surface area contributed by atoms with Gasteiger partial charge < -0.3 is 10.1 Å². The molecule has 8 nitrogen and oxygen atoms in total. The van der Waals surface area contributed by atoms with Crippen LogP contribution in [-0.2, 0) is 9.53 Å². The summed E-state index contributed by atoms with van der Waals surface area (Å²) in [6, 6.07) is 14.4. The van der Waals surface area contributed by atoms with E-state index in [-0.39, 0.29) is 18.6 Å². The molecule has 1 aromatic heterocycles. The zero-order valence-corrected chi connectivity index (χ0v) is 15.7. The van der Waals surface area contributed by atoms with Crippen molar-refractivity contribution in [2.45, 2.75) is 26.3 Å². The zero-order valence-electron chi connectivity index (χ0n) is 15.7. The third-order valence-corrected chi connectivity index (χ3v) is 4.27. The molecule has 0 fully saturated rings. The molecular weight excluding hydrogens is 358 g/mol. The van der Waals surface area contributed by atoms with Gasteiger partial charge in [-0.05, 0) is 53.6 Å². The number of hydrogen-bond donors (Lipinski definition) is 1. The molecule has 0 bridgehead atoms. The van der Waals surface area contributed by atoms with E-state index in [2.05, 4.69) is 20.8 Å². The molecule has 0 spiro atoms. The van der Waals surface area contributed by atoms with Gasteiger partial charge >= 0.3 is 5.97 Å². The molecule has 3 aromatic rings. The highest BCUT2D eigenvalue weighted by Gasteiger charge is 2.15. The van der Waals surface area contributed by atoms with Gasteiger partial charge in [0, 0.05) is 0 Å². The smallest absolute Gasteiger partial charge is 0.338 e. The monoisotopic (exact) mass is 379 g/mol. The minimum absolute atomic E-state index is 0.123. The first-order chi connectivity index (χ1) is 13.6. The first kappa shape index (κ1) is 19.2. The second-order valence-corrected chi connectivity index (χ2v) is 6.32. The van der Waals surface area contributed by atoms with Crippen molar-refractivity contribution in [3.63, 3.8) is 0 Å². The average Bonchev–Trinajstić information content (AvgIpc) is 3.26. The van der Waals surface area contributed by atoms with Crippen LogP contribution in [0.2, 0.25) is 0 Å². The van der Waals surface area contributed by atoms with Crippen LogP contribution in [0.3, 0.4) is 0 Å². The number of carbonyl (C=O) groups excluding carboxylic acids is 2. The van der Waals surface area contributed by atoms with Crippen LogP contribution in [0, 0.1) is 6.92 Å². The van der Waals surface area contributed by atoms with Gasteiger partial charge in [-0.15, -0.1) is 5.10 Å². The van der Waals surface area contributed by atoms with Gasteiger partial charge in [0.15, 0.2) is 6.61 Å². The van der Waals surface area contributed by atoms with E-state index in [0.717, 1.165) is 17.5 Å². The Morgan fingerprint density at radius 2 is 1.82 bits per heavy atom. The van der Waals surface area contributed by atoms with Crippen LogP contribution in [-0.4, -0.2) is 38.7 Å². The number of hydrogen-bond acceptors (Lipinski definition) is 6. The average molecular weight is 379 g/mol. The van der Waals surface area contributed by atoms with Crippen molar-refractivity contribution in [1.82, 2.24) is 25.5 Å². The molecule has 1 heterocycles. The van der Waals surface area contributed by atoms with Crippen molar-refractivity contribution in [3.05, 3.63) is 71.5 Å². The number of benzene rings is 2. The molecule has 1 atom stereocenters. The molecule has 0 aliphatic rings. The molecule has 0 aliphatic heterocycles. The minimum atomic E-state index is -0.568. The number of nitrogens with zero attached hydrogens (tertiary/aromatic N) is 4. The number of rotatable bonds is 7. The van der Waals surface area contributed by atoms with E-state index in [1.54, 1.807) is 24.3 Å². The summed E-state index contributed by atoms with van der Waals surface area (Å²) in [7, 11) is 0. The molecule has 2 aromatic carbocycles. The topological polar surface area (TPSA) is 99.0 Å². The molecule has 0 unspecified atom stereocenters. The predicted molar refractivity (Wildman–Crippen MR) is 102 cm³/mol. The summed E-state index contributed by atoms with van der Waals surface area (Å²) in [5.41, 5.74) is 3.23. The van der Waals surface area contributed by atoms with E-state index in [1.807, 2.05) is 38.1 Å². The van der Waals surface area contributed by atoms with Crippen LogP contribution in [0.1, 0.15) is 40.9 Å². The number of aromatic nitrogens is 4. The summed E-state index contributed by atoms with van der Waals surface area (Å²) in [6.45, 7) is 3.66. The van der Waals surface area contributed by atoms with E-state index in [9.17, 15) is 9.59 Å².